The summed E-state index contributed by atoms with van der Waals surface area (Å²) in [5.74, 6) is -0.769. The molecule has 0 N–H and O–H groups in total. The molecule has 17 heavy (non-hydrogen) atoms. The highest BCUT2D eigenvalue weighted by Gasteiger charge is 2.91. The third-order valence-electron chi connectivity index (χ3n) is 3.95. The maximum Gasteiger partial charge on any atom is 0.329 e. The molecule has 0 aromatic carbocycles. The van der Waals surface area contributed by atoms with Crippen molar-refractivity contribution in [3.05, 3.63) is 0 Å². The molecule has 1 rings (SSSR count). The molecule has 0 saturated heterocycles. The zero-order chi connectivity index (χ0) is 13.3. The number of carbonyl (C=O) groups is 1. The van der Waals surface area contributed by atoms with E-state index in [1.165, 1.54) is 0 Å². The predicted octanol–water partition coefficient (Wildman–Crippen LogP) is 1.52. The zero-order valence-electron chi connectivity index (χ0n) is 10.1. The van der Waals surface area contributed by atoms with Gasteiger partial charge in [-0.15, -0.1) is 0 Å². The van der Waals surface area contributed by atoms with Gasteiger partial charge in [0.15, 0.2) is 10.8 Å². The van der Waals surface area contributed by atoms with E-state index in [-0.39, 0.29) is 6.61 Å². The average molecular weight is 231 g/mol. The lowest BCUT2D eigenvalue weighted by Gasteiger charge is -2.11. The highest BCUT2D eigenvalue weighted by atomic mass is 16.5. The minimum atomic E-state index is -1.66. The normalized spacial score (nSPS) is 32.7. The third-order valence-corrected chi connectivity index (χ3v) is 3.95. The van der Waals surface area contributed by atoms with Crippen LogP contribution in [0.1, 0.15) is 27.2 Å². The number of hydrogen-bond acceptors (Lipinski definition) is 5. The van der Waals surface area contributed by atoms with Crippen LogP contribution in [0.2, 0.25) is 0 Å². The minimum absolute atomic E-state index is 0.120. The quantitative estimate of drug-likeness (QED) is 0.686. The van der Waals surface area contributed by atoms with Crippen molar-refractivity contribution in [2.24, 2.45) is 16.2 Å². The van der Waals surface area contributed by atoms with Crippen LogP contribution < -0.4 is 0 Å². The lowest BCUT2D eigenvalue weighted by molar-refractivity contribution is -0.149. The summed E-state index contributed by atoms with van der Waals surface area (Å²) in [6.07, 6.45) is 0.389. The molecule has 0 radical (unpaired) electrons. The van der Waals surface area contributed by atoms with Crippen LogP contribution >= 0.6 is 0 Å². The van der Waals surface area contributed by atoms with Gasteiger partial charge >= 0.3 is 5.97 Å². The van der Waals surface area contributed by atoms with Crippen molar-refractivity contribution in [3.8, 4) is 18.2 Å². The fourth-order valence-corrected chi connectivity index (χ4v) is 2.62. The summed E-state index contributed by atoms with van der Waals surface area (Å²) >= 11 is 0. The monoisotopic (exact) mass is 231 g/mol. The highest BCUT2D eigenvalue weighted by Crippen LogP contribution is 2.79. The van der Waals surface area contributed by atoms with Gasteiger partial charge in [-0.05, 0) is 13.3 Å². The number of nitriles is 3. The van der Waals surface area contributed by atoms with E-state index in [2.05, 4.69) is 0 Å². The van der Waals surface area contributed by atoms with E-state index in [1.54, 1.807) is 20.8 Å². The van der Waals surface area contributed by atoms with Gasteiger partial charge in [0.2, 0.25) is 0 Å². The van der Waals surface area contributed by atoms with Gasteiger partial charge in [0, 0.05) is 5.41 Å². The summed E-state index contributed by atoms with van der Waals surface area (Å²) in [4.78, 5) is 11.9. The van der Waals surface area contributed by atoms with Gasteiger partial charge < -0.3 is 4.74 Å². The number of ether oxygens (including phenoxy) is 1. The fourth-order valence-electron chi connectivity index (χ4n) is 2.62. The third kappa shape index (κ3) is 1.03. The van der Waals surface area contributed by atoms with Crippen LogP contribution in [0, 0.1) is 50.2 Å². The molecule has 0 heterocycles. The van der Waals surface area contributed by atoms with Crippen LogP contribution in [0.4, 0.5) is 0 Å². The van der Waals surface area contributed by atoms with Gasteiger partial charge in [-0.1, -0.05) is 13.8 Å². The Morgan fingerprint density at radius 1 is 1.18 bits per heavy atom. The van der Waals surface area contributed by atoms with Gasteiger partial charge in [-0.25, -0.2) is 0 Å². The second kappa shape index (κ2) is 3.75. The van der Waals surface area contributed by atoms with Crippen LogP contribution in [-0.4, -0.2) is 12.6 Å². The number of hydrogen-bond donors (Lipinski definition) is 0. The Morgan fingerprint density at radius 2 is 1.71 bits per heavy atom. The Kier molecular flexibility index (Phi) is 2.87. The first-order valence-corrected chi connectivity index (χ1v) is 5.39. The first kappa shape index (κ1) is 13.0. The molecule has 0 unspecified atom stereocenters. The lowest BCUT2D eigenvalue weighted by Crippen LogP contribution is -2.25. The van der Waals surface area contributed by atoms with Crippen molar-refractivity contribution in [2.75, 3.05) is 6.61 Å². The maximum absolute atomic E-state index is 11.9. The summed E-state index contributed by atoms with van der Waals surface area (Å²) in [6.45, 7) is 5.10. The van der Waals surface area contributed by atoms with E-state index in [0.29, 0.717) is 6.42 Å². The molecule has 5 heteroatoms. The van der Waals surface area contributed by atoms with E-state index >= 15 is 0 Å². The van der Waals surface area contributed by atoms with E-state index in [0.717, 1.165) is 0 Å². The van der Waals surface area contributed by atoms with Crippen LogP contribution in [0.5, 0.6) is 0 Å². The summed E-state index contributed by atoms with van der Waals surface area (Å²) in [5.41, 5.74) is -4.23. The molecule has 1 aliphatic rings. The van der Waals surface area contributed by atoms with Gasteiger partial charge in [-0.3, -0.25) is 4.79 Å². The van der Waals surface area contributed by atoms with Gasteiger partial charge in [0.05, 0.1) is 24.8 Å². The largest absolute Gasteiger partial charge is 0.465 e. The Balaban J connectivity index is 3.40. The molecule has 88 valence electrons. The van der Waals surface area contributed by atoms with Crippen LogP contribution in [0.15, 0.2) is 0 Å². The zero-order valence-corrected chi connectivity index (χ0v) is 10.1. The lowest BCUT2D eigenvalue weighted by atomic mass is 9.93. The smallest absolute Gasteiger partial charge is 0.329 e. The molecular formula is C12H13N3O2. The Hall–Kier alpha value is -2.06. The first-order chi connectivity index (χ1) is 7.97. The second-order valence-corrected chi connectivity index (χ2v) is 4.24. The molecular weight excluding hydrogens is 218 g/mol. The van der Waals surface area contributed by atoms with Crippen molar-refractivity contribution < 1.29 is 9.53 Å². The van der Waals surface area contributed by atoms with Crippen molar-refractivity contribution in [1.29, 1.82) is 15.8 Å². The van der Waals surface area contributed by atoms with Crippen molar-refractivity contribution >= 4 is 5.97 Å². The summed E-state index contributed by atoms with van der Waals surface area (Å²) in [5, 5.41) is 27.6. The average Bonchev–Trinajstić information content (AvgIpc) is 2.84. The first-order valence-electron chi connectivity index (χ1n) is 5.39. The molecule has 1 saturated carbocycles. The van der Waals surface area contributed by atoms with E-state index in [1.807, 2.05) is 18.2 Å². The Bertz CT molecular complexity index is 465. The number of nitrogens with zero attached hydrogens (tertiary/aromatic N) is 3. The second-order valence-electron chi connectivity index (χ2n) is 4.24. The van der Waals surface area contributed by atoms with E-state index < -0.39 is 22.2 Å². The molecule has 0 amide bonds. The Labute approximate surface area is 100 Å². The van der Waals surface area contributed by atoms with Crippen molar-refractivity contribution in [1.82, 2.24) is 0 Å². The highest BCUT2D eigenvalue weighted by molar-refractivity contribution is 5.90. The molecule has 5 nitrogen and oxygen atoms in total. The number of rotatable bonds is 3. The minimum Gasteiger partial charge on any atom is -0.465 e. The van der Waals surface area contributed by atoms with Crippen LogP contribution in [-0.2, 0) is 9.53 Å². The van der Waals surface area contributed by atoms with Crippen LogP contribution in [0.3, 0.4) is 0 Å². The van der Waals surface area contributed by atoms with Crippen molar-refractivity contribution in [2.45, 2.75) is 27.2 Å². The number of carbonyl (C=O) groups excluding carboxylic acids is 1. The molecule has 2 atom stereocenters. The molecule has 0 aliphatic heterocycles. The van der Waals surface area contributed by atoms with Gasteiger partial charge in [-0.2, -0.15) is 15.8 Å². The van der Waals surface area contributed by atoms with E-state index in [9.17, 15) is 20.6 Å². The summed E-state index contributed by atoms with van der Waals surface area (Å²) < 4.78 is 4.85. The predicted molar refractivity (Wildman–Crippen MR) is 56.7 cm³/mol. The van der Waals surface area contributed by atoms with E-state index in [4.69, 9.17) is 4.74 Å². The SMILES string of the molecule is CCOC(=O)[C@]1(C#N)C(C#N)(C#N)[C@@]1(C)CC. The van der Waals surface area contributed by atoms with Gasteiger partial charge in [0.25, 0.3) is 0 Å². The maximum atomic E-state index is 11.9. The summed E-state index contributed by atoms with van der Waals surface area (Å²) in [6, 6.07) is 5.53. The molecule has 0 aromatic heterocycles. The molecule has 0 aromatic rings. The fraction of sp³-hybridized carbons (Fsp3) is 0.667. The van der Waals surface area contributed by atoms with Crippen molar-refractivity contribution in [3.63, 3.8) is 0 Å². The number of esters is 1. The summed E-state index contributed by atoms with van der Waals surface area (Å²) in [7, 11) is 0. The topological polar surface area (TPSA) is 97.7 Å². The molecule has 1 aliphatic carbocycles. The standard InChI is InChI=1S/C12H13N3O2/c1-4-10(3)11(6-13,7-14)12(10,8-15)9(16)17-5-2/h4-5H2,1-3H3/t10-,12+/m1/s1. The Morgan fingerprint density at radius 3 is 1.94 bits per heavy atom. The molecule has 0 spiro atoms. The van der Waals surface area contributed by atoms with Crippen LogP contribution in [0.25, 0.3) is 0 Å². The molecule has 1 fully saturated rings. The molecule has 0 bridgehead atoms. The van der Waals surface area contributed by atoms with Gasteiger partial charge in [0.1, 0.15) is 0 Å².